The third-order valence-corrected chi connectivity index (χ3v) is 5.16. The Morgan fingerprint density at radius 3 is 2.60 bits per heavy atom. The quantitative estimate of drug-likeness (QED) is 0.736. The number of nitrogens with one attached hydrogen (secondary N) is 1. The Balaban J connectivity index is 2.09. The lowest BCUT2D eigenvalue weighted by molar-refractivity contribution is 0.321. The van der Waals surface area contributed by atoms with Crippen LogP contribution < -0.4 is 5.32 Å². The van der Waals surface area contributed by atoms with E-state index < -0.39 is 0 Å². The van der Waals surface area contributed by atoms with Gasteiger partial charge in [0.15, 0.2) is 0 Å². The zero-order valence-corrected chi connectivity index (χ0v) is 13.9. The monoisotopic (exact) mass is 341 g/mol. The van der Waals surface area contributed by atoms with Crippen LogP contribution in [0.1, 0.15) is 51.0 Å². The lowest BCUT2D eigenvalue weighted by Gasteiger charge is -2.27. The SMILES string of the molecule is CCNC(Cc1cc(F)ccc1Br)C1CCCCCC1. The van der Waals surface area contributed by atoms with Crippen molar-refractivity contribution in [3.8, 4) is 0 Å². The summed E-state index contributed by atoms with van der Waals surface area (Å²) in [6, 6.07) is 5.48. The summed E-state index contributed by atoms with van der Waals surface area (Å²) < 4.78 is 14.5. The van der Waals surface area contributed by atoms with Gasteiger partial charge in [-0.2, -0.15) is 0 Å². The normalized spacial score (nSPS) is 18.8. The summed E-state index contributed by atoms with van der Waals surface area (Å²) in [6.07, 6.45) is 8.97. The summed E-state index contributed by atoms with van der Waals surface area (Å²) in [7, 11) is 0. The van der Waals surface area contributed by atoms with Crippen LogP contribution in [0.5, 0.6) is 0 Å². The van der Waals surface area contributed by atoms with Gasteiger partial charge in [0, 0.05) is 10.5 Å². The van der Waals surface area contributed by atoms with Crippen molar-refractivity contribution in [2.75, 3.05) is 6.54 Å². The van der Waals surface area contributed by atoms with Gasteiger partial charge >= 0.3 is 0 Å². The van der Waals surface area contributed by atoms with Gasteiger partial charge in [-0.1, -0.05) is 48.5 Å². The molecule has 112 valence electrons. The molecule has 3 heteroatoms. The van der Waals surface area contributed by atoms with E-state index in [9.17, 15) is 4.39 Å². The van der Waals surface area contributed by atoms with E-state index in [1.807, 2.05) is 6.07 Å². The third-order valence-electron chi connectivity index (χ3n) is 4.38. The van der Waals surface area contributed by atoms with Crippen molar-refractivity contribution >= 4 is 15.9 Å². The molecule has 0 aliphatic heterocycles. The van der Waals surface area contributed by atoms with Crippen molar-refractivity contribution in [1.29, 1.82) is 0 Å². The van der Waals surface area contributed by atoms with Gasteiger partial charge in [-0.25, -0.2) is 4.39 Å². The highest BCUT2D eigenvalue weighted by Gasteiger charge is 2.23. The van der Waals surface area contributed by atoms with Crippen molar-refractivity contribution in [3.63, 3.8) is 0 Å². The van der Waals surface area contributed by atoms with Gasteiger partial charge in [0.2, 0.25) is 0 Å². The Morgan fingerprint density at radius 2 is 1.95 bits per heavy atom. The molecule has 0 bridgehead atoms. The summed E-state index contributed by atoms with van der Waals surface area (Å²) in [5.41, 5.74) is 1.08. The van der Waals surface area contributed by atoms with Crippen LogP contribution in [0.4, 0.5) is 4.39 Å². The first-order valence-corrected chi connectivity index (χ1v) is 8.67. The average molecular weight is 342 g/mol. The van der Waals surface area contributed by atoms with Crippen LogP contribution in [-0.4, -0.2) is 12.6 Å². The summed E-state index contributed by atoms with van der Waals surface area (Å²) >= 11 is 3.56. The number of benzene rings is 1. The van der Waals surface area contributed by atoms with Gasteiger partial charge in [0.25, 0.3) is 0 Å². The van der Waals surface area contributed by atoms with Gasteiger partial charge in [-0.05, 0) is 55.5 Å². The highest BCUT2D eigenvalue weighted by Crippen LogP contribution is 2.29. The molecule has 1 unspecified atom stereocenters. The molecule has 1 fully saturated rings. The first-order chi connectivity index (χ1) is 9.70. The van der Waals surface area contributed by atoms with Crippen LogP contribution in [-0.2, 0) is 6.42 Å². The van der Waals surface area contributed by atoms with Crippen molar-refractivity contribution in [3.05, 3.63) is 34.1 Å². The van der Waals surface area contributed by atoms with Crippen LogP contribution in [0.3, 0.4) is 0 Å². The van der Waals surface area contributed by atoms with Gasteiger partial charge in [0.05, 0.1) is 0 Å². The number of rotatable bonds is 5. The number of hydrogen-bond donors (Lipinski definition) is 1. The second kappa shape index (κ2) is 8.14. The standard InChI is InChI=1S/C17H25BrFN/c1-2-20-17(13-7-5-3-4-6-8-13)12-14-11-15(19)9-10-16(14)18/h9-11,13,17,20H,2-8,12H2,1H3. The van der Waals surface area contributed by atoms with E-state index in [2.05, 4.69) is 28.2 Å². The molecular weight excluding hydrogens is 317 g/mol. The maximum Gasteiger partial charge on any atom is 0.123 e. The zero-order chi connectivity index (χ0) is 14.4. The fourth-order valence-electron chi connectivity index (χ4n) is 3.32. The van der Waals surface area contributed by atoms with Gasteiger partial charge in [-0.3, -0.25) is 0 Å². The fourth-order valence-corrected chi connectivity index (χ4v) is 3.73. The van der Waals surface area contributed by atoms with E-state index in [-0.39, 0.29) is 5.82 Å². The summed E-state index contributed by atoms with van der Waals surface area (Å²) in [4.78, 5) is 0. The molecule has 20 heavy (non-hydrogen) atoms. The molecule has 1 atom stereocenters. The molecule has 1 nitrogen and oxygen atoms in total. The maximum atomic E-state index is 13.4. The highest BCUT2D eigenvalue weighted by molar-refractivity contribution is 9.10. The van der Waals surface area contributed by atoms with Gasteiger partial charge < -0.3 is 5.32 Å². The first-order valence-electron chi connectivity index (χ1n) is 7.88. The Kier molecular flexibility index (Phi) is 6.50. The molecule has 0 amide bonds. The smallest absolute Gasteiger partial charge is 0.123 e. The van der Waals surface area contributed by atoms with Crippen LogP contribution in [0.2, 0.25) is 0 Å². The summed E-state index contributed by atoms with van der Waals surface area (Å²) in [5.74, 6) is 0.590. The predicted octanol–water partition coefficient (Wildman–Crippen LogP) is 5.08. The van der Waals surface area contributed by atoms with Crippen molar-refractivity contribution in [2.45, 2.75) is 57.9 Å². The molecule has 0 heterocycles. The molecule has 1 saturated carbocycles. The maximum absolute atomic E-state index is 13.4. The molecule has 0 aromatic heterocycles. The molecule has 0 saturated heterocycles. The molecule has 0 spiro atoms. The van der Waals surface area contributed by atoms with E-state index in [0.29, 0.717) is 6.04 Å². The Hall–Kier alpha value is -0.410. The Labute approximate surface area is 130 Å². The Morgan fingerprint density at radius 1 is 1.25 bits per heavy atom. The zero-order valence-electron chi connectivity index (χ0n) is 12.3. The third kappa shape index (κ3) is 4.56. The highest BCUT2D eigenvalue weighted by atomic mass is 79.9. The van der Waals surface area contributed by atoms with Crippen molar-refractivity contribution in [1.82, 2.24) is 5.32 Å². The van der Waals surface area contributed by atoms with Gasteiger partial charge in [-0.15, -0.1) is 0 Å². The molecule has 1 N–H and O–H groups in total. The Bertz CT molecular complexity index is 413. The topological polar surface area (TPSA) is 12.0 Å². The molecule has 1 aromatic rings. The first kappa shape index (κ1) is 16.0. The van der Waals surface area contributed by atoms with Crippen LogP contribution >= 0.6 is 15.9 Å². The predicted molar refractivity (Wildman–Crippen MR) is 86.5 cm³/mol. The fraction of sp³-hybridized carbons (Fsp3) is 0.647. The van der Waals surface area contributed by atoms with Crippen molar-refractivity contribution < 1.29 is 4.39 Å². The average Bonchev–Trinajstić information content (AvgIpc) is 2.71. The second-order valence-electron chi connectivity index (χ2n) is 5.86. The second-order valence-corrected chi connectivity index (χ2v) is 6.71. The molecule has 1 aliphatic rings. The number of hydrogen-bond acceptors (Lipinski definition) is 1. The van der Waals surface area contributed by atoms with Crippen molar-refractivity contribution in [2.24, 2.45) is 5.92 Å². The number of likely N-dealkylation sites (N-methyl/N-ethyl adjacent to an activating group) is 1. The minimum absolute atomic E-state index is 0.140. The molecule has 1 aromatic carbocycles. The van der Waals surface area contributed by atoms with Gasteiger partial charge in [0.1, 0.15) is 5.82 Å². The van der Waals surface area contributed by atoms with Crippen LogP contribution in [0.15, 0.2) is 22.7 Å². The molecule has 1 aliphatic carbocycles. The lowest BCUT2D eigenvalue weighted by Crippen LogP contribution is -2.38. The number of halogens is 2. The van der Waals surface area contributed by atoms with E-state index >= 15 is 0 Å². The minimum Gasteiger partial charge on any atom is -0.314 e. The molecular formula is C17H25BrFN. The van der Waals surface area contributed by atoms with E-state index in [1.54, 1.807) is 6.07 Å². The molecule has 2 rings (SSSR count). The van der Waals surface area contributed by atoms with E-state index in [4.69, 9.17) is 0 Å². The summed E-state index contributed by atoms with van der Waals surface area (Å²) in [6.45, 7) is 3.14. The van der Waals surface area contributed by atoms with E-state index in [1.165, 1.54) is 44.6 Å². The van der Waals surface area contributed by atoms with Crippen LogP contribution in [0, 0.1) is 11.7 Å². The largest absolute Gasteiger partial charge is 0.314 e. The van der Waals surface area contributed by atoms with Crippen LogP contribution in [0.25, 0.3) is 0 Å². The van der Waals surface area contributed by atoms with E-state index in [0.717, 1.165) is 28.9 Å². The summed E-state index contributed by atoms with van der Waals surface area (Å²) in [5, 5.41) is 3.63. The minimum atomic E-state index is -0.140. The molecule has 0 radical (unpaired) electrons. The lowest BCUT2D eigenvalue weighted by atomic mass is 9.87.